The zero-order valence-corrected chi connectivity index (χ0v) is 13.3. The Hall–Kier alpha value is -0.910. The molecule has 2 aromatic rings. The van der Waals surface area contributed by atoms with Crippen LogP contribution in [0.15, 0.2) is 45.3 Å². The Balaban J connectivity index is 2.23. The first kappa shape index (κ1) is 14.5. The maximum Gasteiger partial charge on any atom is 0.256 e. The van der Waals surface area contributed by atoms with Gasteiger partial charge >= 0.3 is 0 Å². The van der Waals surface area contributed by atoms with Gasteiger partial charge in [0.25, 0.3) is 5.91 Å². The van der Waals surface area contributed by atoms with Crippen LogP contribution < -0.4 is 5.32 Å². The van der Waals surface area contributed by atoms with Crippen molar-refractivity contribution in [3.63, 3.8) is 0 Å². The highest BCUT2D eigenvalue weighted by Crippen LogP contribution is 2.24. The molecule has 0 aromatic heterocycles. The van der Waals surface area contributed by atoms with Crippen LogP contribution in [0.5, 0.6) is 0 Å². The van der Waals surface area contributed by atoms with Gasteiger partial charge in [0.15, 0.2) is 0 Å². The summed E-state index contributed by atoms with van der Waals surface area (Å²) >= 11 is 12.1. The van der Waals surface area contributed by atoms with Crippen LogP contribution in [0.4, 0.5) is 10.1 Å². The first-order chi connectivity index (χ1) is 8.97. The van der Waals surface area contributed by atoms with Gasteiger partial charge < -0.3 is 5.32 Å². The number of halogens is 4. The minimum atomic E-state index is -0.384. The molecule has 1 N–H and O–H groups in total. The Kier molecular flexibility index (Phi) is 4.60. The van der Waals surface area contributed by atoms with Crippen LogP contribution in [0.3, 0.4) is 0 Å². The summed E-state index contributed by atoms with van der Waals surface area (Å²) in [4.78, 5) is 12.0. The standard InChI is InChI=1S/C13H7Br2ClFNO/c14-10-5-7(16)1-3-9(10)13(19)18-8-2-4-12(17)11(15)6-8/h1-6H,(H,18,19). The molecule has 19 heavy (non-hydrogen) atoms. The topological polar surface area (TPSA) is 29.1 Å². The lowest BCUT2D eigenvalue weighted by molar-refractivity contribution is 0.102. The van der Waals surface area contributed by atoms with Gasteiger partial charge in [-0.05, 0) is 68.3 Å². The van der Waals surface area contributed by atoms with E-state index in [1.165, 1.54) is 18.2 Å². The molecular formula is C13H7Br2ClFNO. The molecule has 0 spiro atoms. The number of anilines is 1. The summed E-state index contributed by atoms with van der Waals surface area (Å²) in [5.41, 5.74) is 0.949. The SMILES string of the molecule is O=C(Nc1ccc(F)c(Br)c1)c1ccc(Cl)cc1Br. The largest absolute Gasteiger partial charge is 0.322 e. The second kappa shape index (κ2) is 6.03. The van der Waals surface area contributed by atoms with Crippen LogP contribution in [0.1, 0.15) is 10.4 Å². The van der Waals surface area contributed by atoms with Crippen molar-refractivity contribution < 1.29 is 9.18 Å². The number of amides is 1. The highest BCUT2D eigenvalue weighted by Gasteiger charge is 2.11. The molecule has 0 fully saturated rings. The highest BCUT2D eigenvalue weighted by molar-refractivity contribution is 9.10. The highest BCUT2D eigenvalue weighted by atomic mass is 79.9. The number of rotatable bonds is 2. The van der Waals surface area contributed by atoms with Crippen LogP contribution in [-0.2, 0) is 0 Å². The fourth-order valence-corrected chi connectivity index (χ4v) is 2.69. The Labute approximate surface area is 131 Å². The molecule has 0 aliphatic rings. The third-order valence-electron chi connectivity index (χ3n) is 2.35. The molecule has 0 unspecified atom stereocenters. The van der Waals surface area contributed by atoms with Crippen molar-refractivity contribution >= 4 is 55.1 Å². The van der Waals surface area contributed by atoms with Crippen molar-refractivity contribution in [3.8, 4) is 0 Å². The van der Waals surface area contributed by atoms with Gasteiger partial charge in [0.05, 0.1) is 10.0 Å². The number of hydrogen-bond acceptors (Lipinski definition) is 1. The number of carbonyl (C=O) groups is 1. The normalized spacial score (nSPS) is 10.3. The first-order valence-corrected chi connectivity index (χ1v) is 7.15. The molecule has 6 heteroatoms. The molecule has 0 heterocycles. The van der Waals surface area contributed by atoms with Crippen molar-refractivity contribution in [2.45, 2.75) is 0 Å². The van der Waals surface area contributed by atoms with Gasteiger partial charge in [0.2, 0.25) is 0 Å². The summed E-state index contributed by atoms with van der Waals surface area (Å²) in [7, 11) is 0. The van der Waals surface area contributed by atoms with E-state index >= 15 is 0 Å². The quantitative estimate of drug-likeness (QED) is 0.723. The summed E-state index contributed by atoms with van der Waals surface area (Å²) in [5.74, 6) is -0.687. The molecule has 0 radical (unpaired) electrons. The molecule has 2 rings (SSSR count). The molecule has 1 amide bonds. The summed E-state index contributed by atoms with van der Waals surface area (Å²) in [6, 6.07) is 9.13. The Morgan fingerprint density at radius 2 is 1.84 bits per heavy atom. The molecule has 0 aliphatic carbocycles. The molecule has 0 atom stereocenters. The molecule has 2 aromatic carbocycles. The van der Waals surface area contributed by atoms with Gasteiger partial charge in [-0.1, -0.05) is 11.6 Å². The zero-order valence-electron chi connectivity index (χ0n) is 9.38. The smallest absolute Gasteiger partial charge is 0.256 e. The third kappa shape index (κ3) is 3.55. The van der Waals surface area contributed by atoms with E-state index in [-0.39, 0.29) is 11.7 Å². The van der Waals surface area contributed by atoms with Crippen LogP contribution in [-0.4, -0.2) is 5.91 Å². The predicted octanol–water partition coefficient (Wildman–Crippen LogP) is 5.26. The van der Waals surface area contributed by atoms with E-state index in [9.17, 15) is 9.18 Å². The van der Waals surface area contributed by atoms with Crippen molar-refractivity contribution in [1.29, 1.82) is 0 Å². The third-order valence-corrected chi connectivity index (χ3v) is 3.85. The maximum atomic E-state index is 13.1. The van der Waals surface area contributed by atoms with E-state index < -0.39 is 0 Å². The number of benzene rings is 2. The van der Waals surface area contributed by atoms with Gasteiger partial charge in [0.1, 0.15) is 5.82 Å². The van der Waals surface area contributed by atoms with E-state index in [1.54, 1.807) is 18.2 Å². The fourth-order valence-electron chi connectivity index (χ4n) is 1.45. The van der Waals surface area contributed by atoms with Crippen LogP contribution >= 0.6 is 43.5 Å². The average Bonchev–Trinajstić information content (AvgIpc) is 2.33. The lowest BCUT2D eigenvalue weighted by atomic mass is 10.2. The van der Waals surface area contributed by atoms with E-state index in [2.05, 4.69) is 37.2 Å². The number of hydrogen-bond donors (Lipinski definition) is 1. The Bertz CT molecular complexity index is 649. The fraction of sp³-hybridized carbons (Fsp3) is 0. The molecule has 0 saturated carbocycles. The van der Waals surface area contributed by atoms with Gasteiger partial charge in [-0.3, -0.25) is 4.79 Å². The van der Waals surface area contributed by atoms with Gasteiger partial charge in [-0.2, -0.15) is 0 Å². The first-order valence-electron chi connectivity index (χ1n) is 5.19. The monoisotopic (exact) mass is 405 g/mol. The summed E-state index contributed by atoms with van der Waals surface area (Å²) in [6.45, 7) is 0. The molecular weight excluding hydrogens is 400 g/mol. The van der Waals surface area contributed by atoms with Crippen molar-refractivity contribution in [1.82, 2.24) is 0 Å². The lowest BCUT2D eigenvalue weighted by Gasteiger charge is -2.08. The Morgan fingerprint density at radius 1 is 1.11 bits per heavy atom. The predicted molar refractivity (Wildman–Crippen MR) is 81.2 cm³/mol. The van der Waals surface area contributed by atoms with Gasteiger partial charge in [0, 0.05) is 15.2 Å². The van der Waals surface area contributed by atoms with E-state index in [0.717, 1.165) is 0 Å². The molecule has 2 nitrogen and oxygen atoms in total. The zero-order chi connectivity index (χ0) is 14.0. The lowest BCUT2D eigenvalue weighted by Crippen LogP contribution is -2.12. The second-order valence-corrected chi connectivity index (χ2v) is 5.85. The van der Waals surface area contributed by atoms with Crippen LogP contribution in [0.25, 0.3) is 0 Å². The van der Waals surface area contributed by atoms with Crippen molar-refractivity contribution in [3.05, 3.63) is 61.7 Å². The minimum absolute atomic E-state index is 0.292. The van der Waals surface area contributed by atoms with Gasteiger partial charge in [-0.25, -0.2) is 4.39 Å². The molecule has 0 aliphatic heterocycles. The van der Waals surface area contributed by atoms with E-state index in [1.807, 2.05) is 0 Å². The summed E-state index contributed by atoms with van der Waals surface area (Å²) < 4.78 is 14.0. The summed E-state index contributed by atoms with van der Waals surface area (Å²) in [5, 5.41) is 3.21. The van der Waals surface area contributed by atoms with Crippen molar-refractivity contribution in [2.75, 3.05) is 5.32 Å². The minimum Gasteiger partial charge on any atom is -0.322 e. The van der Waals surface area contributed by atoms with E-state index in [0.29, 0.717) is 25.2 Å². The Morgan fingerprint density at radius 3 is 2.47 bits per heavy atom. The van der Waals surface area contributed by atoms with Crippen LogP contribution in [0.2, 0.25) is 5.02 Å². The van der Waals surface area contributed by atoms with Crippen LogP contribution in [0, 0.1) is 5.82 Å². The molecule has 98 valence electrons. The number of carbonyl (C=O) groups excluding carboxylic acids is 1. The molecule has 0 saturated heterocycles. The van der Waals surface area contributed by atoms with Crippen molar-refractivity contribution in [2.24, 2.45) is 0 Å². The second-order valence-electron chi connectivity index (χ2n) is 3.71. The summed E-state index contributed by atoms with van der Waals surface area (Å²) in [6.07, 6.45) is 0. The number of nitrogens with one attached hydrogen (secondary N) is 1. The van der Waals surface area contributed by atoms with Gasteiger partial charge in [-0.15, -0.1) is 0 Å². The maximum absolute atomic E-state index is 13.1. The molecule has 0 bridgehead atoms. The van der Waals surface area contributed by atoms with E-state index in [4.69, 9.17) is 11.6 Å². The average molecular weight is 407 g/mol.